The number of H-pyrrole nitrogens is 1. The summed E-state index contributed by atoms with van der Waals surface area (Å²) in [5.41, 5.74) is 2.84. The molecule has 1 saturated heterocycles. The van der Waals surface area contributed by atoms with Gasteiger partial charge in [0.1, 0.15) is 11.5 Å². The third-order valence-corrected chi connectivity index (χ3v) is 6.54. The predicted octanol–water partition coefficient (Wildman–Crippen LogP) is 3.35. The number of ether oxygens (including phenoxy) is 2. The van der Waals surface area contributed by atoms with Crippen molar-refractivity contribution in [3.05, 3.63) is 30.6 Å². The number of fused-ring (bicyclic) bond motifs is 1. The van der Waals surface area contributed by atoms with Crippen molar-refractivity contribution in [3.8, 4) is 17.1 Å². The minimum Gasteiger partial charge on any atom is -0.475 e. The fraction of sp³-hybridized carbons (Fsp3) is 0.542. The lowest BCUT2D eigenvalue weighted by Gasteiger charge is -2.41. The Morgan fingerprint density at radius 2 is 1.94 bits per heavy atom. The normalized spacial score (nSPS) is 21.8. The number of methoxy groups -OCH3 is 1. The number of piperazine rings is 1. The summed E-state index contributed by atoms with van der Waals surface area (Å²) in [5.74, 6) is 2.41. The molecule has 8 heteroatoms. The zero-order valence-electron chi connectivity index (χ0n) is 19.1. The van der Waals surface area contributed by atoms with Gasteiger partial charge in [-0.3, -0.25) is 10.00 Å². The molecule has 170 valence electrons. The summed E-state index contributed by atoms with van der Waals surface area (Å²) < 4.78 is 11.2. The standard InChI is InChI=1S/C24H32N6O2/c1-16(2)32-23-13-20-21(14-26-23)27-28-24(20)18-4-5-25-22(12-18)30-8-6-29(7-9-30)15-17-10-19(11-17)31-3/h4-5,12-14,16-17,19H,6-11,15H2,1-3H3,(H,27,28). The topological polar surface area (TPSA) is 79.4 Å². The molecule has 3 aromatic heterocycles. The van der Waals surface area contributed by atoms with Gasteiger partial charge in [0.05, 0.1) is 23.9 Å². The highest BCUT2D eigenvalue weighted by atomic mass is 16.5. The first kappa shape index (κ1) is 21.2. The zero-order chi connectivity index (χ0) is 22.1. The second-order valence-electron chi connectivity index (χ2n) is 9.19. The molecule has 5 rings (SSSR count). The van der Waals surface area contributed by atoms with Crippen molar-refractivity contribution in [1.29, 1.82) is 0 Å². The van der Waals surface area contributed by atoms with Gasteiger partial charge in [-0.25, -0.2) is 9.97 Å². The molecule has 1 saturated carbocycles. The average molecular weight is 437 g/mol. The molecule has 2 fully saturated rings. The Morgan fingerprint density at radius 3 is 2.69 bits per heavy atom. The first-order valence-electron chi connectivity index (χ1n) is 11.6. The Balaban J connectivity index is 1.27. The Bertz CT molecular complexity index is 1050. The van der Waals surface area contributed by atoms with E-state index >= 15 is 0 Å². The lowest BCUT2D eigenvalue weighted by Crippen LogP contribution is -2.49. The van der Waals surface area contributed by atoms with Gasteiger partial charge in [0.15, 0.2) is 0 Å². The van der Waals surface area contributed by atoms with E-state index in [0.29, 0.717) is 12.0 Å². The molecule has 1 N–H and O–H groups in total. The molecular formula is C24H32N6O2. The van der Waals surface area contributed by atoms with Crippen LogP contribution in [0.2, 0.25) is 0 Å². The summed E-state index contributed by atoms with van der Waals surface area (Å²) in [6, 6.07) is 6.12. The van der Waals surface area contributed by atoms with Crippen molar-refractivity contribution in [2.75, 3.05) is 44.7 Å². The molecule has 0 atom stereocenters. The zero-order valence-corrected chi connectivity index (χ0v) is 19.1. The quantitative estimate of drug-likeness (QED) is 0.608. The van der Waals surface area contributed by atoms with Gasteiger partial charge in [0.25, 0.3) is 0 Å². The SMILES string of the molecule is COC1CC(CN2CCN(c3cc(-c4n[nH]c5cnc(OC(C)C)cc45)ccn3)CC2)C1. The Hall–Kier alpha value is -2.71. The number of hydrogen-bond acceptors (Lipinski definition) is 7. The molecule has 0 radical (unpaired) electrons. The minimum atomic E-state index is 0.0761. The smallest absolute Gasteiger partial charge is 0.214 e. The van der Waals surface area contributed by atoms with Crippen molar-refractivity contribution in [2.24, 2.45) is 5.92 Å². The van der Waals surface area contributed by atoms with Crippen LogP contribution in [-0.2, 0) is 4.74 Å². The Labute approximate surface area is 188 Å². The summed E-state index contributed by atoms with van der Waals surface area (Å²) in [5, 5.41) is 8.66. The van der Waals surface area contributed by atoms with Crippen LogP contribution in [0.1, 0.15) is 26.7 Å². The third kappa shape index (κ3) is 4.42. The summed E-state index contributed by atoms with van der Waals surface area (Å²) in [7, 11) is 1.82. The van der Waals surface area contributed by atoms with Crippen LogP contribution in [-0.4, -0.2) is 77.1 Å². The van der Waals surface area contributed by atoms with E-state index in [0.717, 1.165) is 60.1 Å². The van der Waals surface area contributed by atoms with E-state index in [2.05, 4.69) is 36.0 Å². The molecular weight excluding hydrogens is 404 g/mol. The van der Waals surface area contributed by atoms with Crippen molar-refractivity contribution in [1.82, 2.24) is 25.1 Å². The molecule has 1 aliphatic carbocycles. The summed E-state index contributed by atoms with van der Waals surface area (Å²) >= 11 is 0. The van der Waals surface area contributed by atoms with E-state index in [1.54, 1.807) is 6.20 Å². The molecule has 2 aliphatic rings. The lowest BCUT2D eigenvalue weighted by atomic mass is 9.82. The highest BCUT2D eigenvalue weighted by Crippen LogP contribution is 2.32. The van der Waals surface area contributed by atoms with Crippen LogP contribution in [0.3, 0.4) is 0 Å². The van der Waals surface area contributed by atoms with Gasteiger partial charge in [0, 0.05) is 63.0 Å². The lowest BCUT2D eigenvalue weighted by molar-refractivity contribution is -0.0113. The largest absolute Gasteiger partial charge is 0.475 e. The number of nitrogens with zero attached hydrogens (tertiary/aromatic N) is 5. The summed E-state index contributed by atoms with van der Waals surface area (Å²) in [6.07, 6.45) is 6.63. The van der Waals surface area contributed by atoms with Crippen LogP contribution in [0, 0.1) is 5.92 Å². The van der Waals surface area contributed by atoms with E-state index in [-0.39, 0.29) is 6.10 Å². The summed E-state index contributed by atoms with van der Waals surface area (Å²) in [6.45, 7) is 9.33. The minimum absolute atomic E-state index is 0.0761. The number of anilines is 1. The third-order valence-electron chi connectivity index (χ3n) is 6.54. The molecule has 0 aromatic carbocycles. The Kier molecular flexibility index (Phi) is 5.97. The summed E-state index contributed by atoms with van der Waals surface area (Å²) in [4.78, 5) is 14.0. The highest BCUT2D eigenvalue weighted by Gasteiger charge is 2.31. The molecule has 0 unspecified atom stereocenters. The molecule has 32 heavy (non-hydrogen) atoms. The maximum Gasteiger partial charge on any atom is 0.214 e. The van der Waals surface area contributed by atoms with E-state index in [1.165, 1.54) is 19.4 Å². The molecule has 4 heterocycles. The molecule has 0 bridgehead atoms. The Morgan fingerprint density at radius 1 is 1.12 bits per heavy atom. The van der Waals surface area contributed by atoms with E-state index in [9.17, 15) is 0 Å². The maximum atomic E-state index is 5.78. The fourth-order valence-electron chi connectivity index (χ4n) is 4.70. The van der Waals surface area contributed by atoms with Gasteiger partial charge in [0.2, 0.25) is 5.88 Å². The van der Waals surface area contributed by atoms with E-state index < -0.39 is 0 Å². The molecule has 1 aliphatic heterocycles. The second kappa shape index (κ2) is 9.03. The number of aromatic nitrogens is 4. The van der Waals surface area contributed by atoms with Crippen LogP contribution in [0.15, 0.2) is 30.6 Å². The molecule has 8 nitrogen and oxygen atoms in total. The van der Waals surface area contributed by atoms with E-state index in [4.69, 9.17) is 9.47 Å². The van der Waals surface area contributed by atoms with Crippen molar-refractivity contribution >= 4 is 16.7 Å². The average Bonchev–Trinajstić information content (AvgIpc) is 3.19. The maximum absolute atomic E-state index is 5.78. The fourth-order valence-corrected chi connectivity index (χ4v) is 4.70. The molecule has 0 spiro atoms. The van der Waals surface area contributed by atoms with Gasteiger partial charge in [-0.1, -0.05) is 0 Å². The number of pyridine rings is 2. The van der Waals surface area contributed by atoms with Gasteiger partial charge in [-0.05, 0) is 44.7 Å². The van der Waals surface area contributed by atoms with Crippen LogP contribution < -0.4 is 9.64 Å². The number of hydrogen-bond donors (Lipinski definition) is 1. The van der Waals surface area contributed by atoms with Gasteiger partial charge >= 0.3 is 0 Å². The van der Waals surface area contributed by atoms with Crippen molar-refractivity contribution < 1.29 is 9.47 Å². The molecule has 0 amide bonds. The highest BCUT2D eigenvalue weighted by molar-refractivity contribution is 5.93. The van der Waals surface area contributed by atoms with Gasteiger partial charge < -0.3 is 14.4 Å². The van der Waals surface area contributed by atoms with Gasteiger partial charge in [-0.2, -0.15) is 5.10 Å². The predicted molar refractivity (Wildman–Crippen MR) is 125 cm³/mol. The first-order chi connectivity index (χ1) is 15.6. The number of nitrogens with one attached hydrogen (secondary N) is 1. The monoisotopic (exact) mass is 436 g/mol. The van der Waals surface area contributed by atoms with Crippen LogP contribution in [0.25, 0.3) is 22.2 Å². The van der Waals surface area contributed by atoms with Crippen LogP contribution >= 0.6 is 0 Å². The van der Waals surface area contributed by atoms with E-state index in [1.807, 2.05) is 39.3 Å². The van der Waals surface area contributed by atoms with Crippen LogP contribution in [0.4, 0.5) is 5.82 Å². The second-order valence-corrected chi connectivity index (χ2v) is 9.19. The van der Waals surface area contributed by atoms with Crippen molar-refractivity contribution in [2.45, 2.75) is 38.9 Å². The number of aromatic amines is 1. The number of rotatable bonds is 7. The van der Waals surface area contributed by atoms with Gasteiger partial charge in [-0.15, -0.1) is 0 Å². The van der Waals surface area contributed by atoms with Crippen molar-refractivity contribution in [3.63, 3.8) is 0 Å². The van der Waals surface area contributed by atoms with Crippen LogP contribution in [0.5, 0.6) is 5.88 Å². The molecule has 3 aromatic rings. The first-order valence-corrected chi connectivity index (χ1v) is 11.6.